The second-order valence-corrected chi connectivity index (χ2v) is 6.23. The van der Waals surface area contributed by atoms with Gasteiger partial charge in [0.2, 0.25) is 6.79 Å². The Balaban J connectivity index is 1.65. The maximum atomic E-state index is 9.46. The van der Waals surface area contributed by atoms with Crippen LogP contribution in [-0.2, 0) is 0 Å². The fraction of sp³-hybridized carbons (Fsp3) is 0.0526. The number of nitriles is 1. The molecule has 0 bridgehead atoms. The average Bonchev–Trinajstić information content (AvgIpc) is 3.30. The number of hydrogen-bond donors (Lipinski definition) is 1. The summed E-state index contributed by atoms with van der Waals surface area (Å²) in [4.78, 5) is 4.57. The van der Waals surface area contributed by atoms with Gasteiger partial charge in [0.05, 0.1) is 11.3 Å². The van der Waals surface area contributed by atoms with Crippen molar-refractivity contribution < 1.29 is 14.6 Å². The summed E-state index contributed by atoms with van der Waals surface area (Å²) in [6, 6.07) is 14.5. The molecule has 0 aliphatic carbocycles. The van der Waals surface area contributed by atoms with Crippen molar-refractivity contribution in [2.45, 2.75) is 0 Å². The van der Waals surface area contributed by atoms with E-state index in [-0.39, 0.29) is 12.5 Å². The SMILES string of the molecule is N#C/C(=C\c1ccc(O)cc1)c1nc(-c2ccc3c(c2)OCO3)cs1. The monoisotopic (exact) mass is 348 g/mol. The normalized spacial score (nSPS) is 12.8. The minimum atomic E-state index is 0.190. The lowest BCUT2D eigenvalue weighted by molar-refractivity contribution is 0.174. The first-order valence-electron chi connectivity index (χ1n) is 7.50. The van der Waals surface area contributed by atoms with Crippen molar-refractivity contribution in [2.24, 2.45) is 0 Å². The van der Waals surface area contributed by atoms with Crippen LogP contribution in [0.3, 0.4) is 0 Å². The van der Waals surface area contributed by atoms with Crippen molar-refractivity contribution >= 4 is 23.0 Å². The Kier molecular flexibility index (Phi) is 3.84. The van der Waals surface area contributed by atoms with Gasteiger partial charge in [-0.2, -0.15) is 5.26 Å². The lowest BCUT2D eigenvalue weighted by Gasteiger charge is -1.99. The van der Waals surface area contributed by atoms with Crippen molar-refractivity contribution in [3.05, 3.63) is 58.4 Å². The zero-order valence-corrected chi connectivity index (χ0v) is 13.8. The lowest BCUT2D eigenvalue weighted by atomic mass is 10.1. The molecule has 6 heteroatoms. The van der Waals surface area contributed by atoms with E-state index in [0.717, 1.165) is 22.6 Å². The van der Waals surface area contributed by atoms with Crippen LogP contribution in [0.15, 0.2) is 47.8 Å². The summed E-state index contributed by atoms with van der Waals surface area (Å²) in [5.41, 5.74) is 3.00. The summed E-state index contributed by atoms with van der Waals surface area (Å²) in [5.74, 6) is 1.62. The van der Waals surface area contributed by atoms with Gasteiger partial charge in [-0.3, -0.25) is 0 Å². The predicted octanol–water partition coefficient (Wildman–Crippen LogP) is 4.31. The first-order chi connectivity index (χ1) is 12.2. The third kappa shape index (κ3) is 3.05. The molecule has 4 rings (SSSR count). The molecule has 0 amide bonds. The number of aromatic nitrogens is 1. The van der Waals surface area contributed by atoms with Gasteiger partial charge < -0.3 is 14.6 Å². The topological polar surface area (TPSA) is 75.4 Å². The van der Waals surface area contributed by atoms with Gasteiger partial charge in [0.15, 0.2) is 11.5 Å². The molecule has 2 aromatic carbocycles. The van der Waals surface area contributed by atoms with E-state index in [2.05, 4.69) is 11.1 Å². The van der Waals surface area contributed by atoms with Crippen LogP contribution in [0.5, 0.6) is 17.2 Å². The molecule has 0 spiro atoms. The number of fused-ring (bicyclic) bond motifs is 1. The van der Waals surface area contributed by atoms with E-state index in [1.165, 1.54) is 11.3 Å². The van der Waals surface area contributed by atoms with Gasteiger partial charge in [-0.15, -0.1) is 11.3 Å². The van der Waals surface area contributed by atoms with E-state index in [1.807, 2.05) is 23.6 Å². The lowest BCUT2D eigenvalue weighted by Crippen LogP contribution is -1.92. The highest BCUT2D eigenvalue weighted by molar-refractivity contribution is 7.11. The molecule has 0 radical (unpaired) electrons. The van der Waals surface area contributed by atoms with Gasteiger partial charge in [-0.05, 0) is 42.0 Å². The highest BCUT2D eigenvalue weighted by atomic mass is 32.1. The van der Waals surface area contributed by atoms with Crippen LogP contribution >= 0.6 is 11.3 Å². The summed E-state index contributed by atoms with van der Waals surface area (Å²) >= 11 is 1.41. The van der Waals surface area contributed by atoms with Crippen molar-refractivity contribution in [1.82, 2.24) is 4.98 Å². The van der Waals surface area contributed by atoms with E-state index < -0.39 is 0 Å². The summed E-state index contributed by atoms with van der Waals surface area (Å²) in [6.07, 6.45) is 1.75. The number of phenolic OH excluding ortho intramolecular Hbond substituents is 1. The van der Waals surface area contributed by atoms with Crippen LogP contribution in [0, 0.1) is 11.3 Å². The van der Waals surface area contributed by atoms with Crippen molar-refractivity contribution in [1.29, 1.82) is 5.26 Å². The highest BCUT2D eigenvalue weighted by Crippen LogP contribution is 2.36. The number of hydrogen-bond acceptors (Lipinski definition) is 6. The van der Waals surface area contributed by atoms with Gasteiger partial charge in [-0.1, -0.05) is 12.1 Å². The van der Waals surface area contributed by atoms with Crippen LogP contribution in [0.4, 0.5) is 0 Å². The Morgan fingerprint density at radius 2 is 1.96 bits per heavy atom. The Bertz CT molecular complexity index is 1000. The standard InChI is InChI=1S/C19H12N2O3S/c20-9-14(7-12-1-4-15(22)5-2-12)19-21-16(10-25-19)13-3-6-17-18(8-13)24-11-23-17/h1-8,10,22H,11H2/b14-7+. The quantitative estimate of drug-likeness (QED) is 0.714. The van der Waals surface area contributed by atoms with Crippen molar-refractivity contribution in [2.75, 3.05) is 6.79 Å². The van der Waals surface area contributed by atoms with Crippen molar-refractivity contribution in [3.8, 4) is 34.6 Å². The minimum Gasteiger partial charge on any atom is -0.508 e. The first kappa shape index (κ1) is 15.2. The molecular weight excluding hydrogens is 336 g/mol. The molecule has 0 saturated heterocycles. The number of rotatable bonds is 3. The number of aromatic hydroxyl groups is 1. The number of allylic oxidation sites excluding steroid dienone is 1. The molecule has 1 N–H and O–H groups in total. The molecule has 0 atom stereocenters. The van der Waals surface area contributed by atoms with Gasteiger partial charge >= 0.3 is 0 Å². The molecule has 0 unspecified atom stereocenters. The second-order valence-electron chi connectivity index (χ2n) is 5.37. The summed E-state index contributed by atoms with van der Waals surface area (Å²) in [6.45, 7) is 0.231. The minimum absolute atomic E-state index is 0.190. The Labute approximate surface area is 148 Å². The number of nitrogens with zero attached hydrogens (tertiary/aromatic N) is 2. The van der Waals surface area contributed by atoms with Crippen LogP contribution in [0.25, 0.3) is 22.9 Å². The van der Waals surface area contributed by atoms with E-state index >= 15 is 0 Å². The Morgan fingerprint density at radius 1 is 1.16 bits per heavy atom. The second kappa shape index (κ2) is 6.30. The van der Waals surface area contributed by atoms with Gasteiger partial charge in [0.1, 0.15) is 16.8 Å². The average molecular weight is 348 g/mol. The molecule has 0 saturated carbocycles. The Hall–Kier alpha value is -3.30. The largest absolute Gasteiger partial charge is 0.508 e. The van der Waals surface area contributed by atoms with E-state index in [0.29, 0.717) is 16.3 Å². The fourth-order valence-corrected chi connectivity index (χ4v) is 3.26. The number of phenols is 1. The Morgan fingerprint density at radius 3 is 2.76 bits per heavy atom. The molecule has 5 nitrogen and oxygen atoms in total. The fourth-order valence-electron chi connectivity index (χ4n) is 2.46. The number of benzene rings is 2. The van der Waals surface area contributed by atoms with E-state index in [1.54, 1.807) is 30.3 Å². The van der Waals surface area contributed by atoms with Crippen LogP contribution < -0.4 is 9.47 Å². The zero-order chi connectivity index (χ0) is 17.2. The first-order valence-corrected chi connectivity index (χ1v) is 8.37. The molecule has 122 valence electrons. The number of thiazole rings is 1. The summed E-state index contributed by atoms with van der Waals surface area (Å²) in [5, 5.41) is 21.4. The van der Waals surface area contributed by atoms with Crippen LogP contribution in [-0.4, -0.2) is 16.9 Å². The van der Waals surface area contributed by atoms with Crippen molar-refractivity contribution in [3.63, 3.8) is 0 Å². The van der Waals surface area contributed by atoms with E-state index in [4.69, 9.17) is 9.47 Å². The van der Waals surface area contributed by atoms with Gasteiger partial charge in [0.25, 0.3) is 0 Å². The molecule has 1 aromatic heterocycles. The third-order valence-corrected chi connectivity index (χ3v) is 4.60. The zero-order valence-electron chi connectivity index (χ0n) is 13.0. The smallest absolute Gasteiger partial charge is 0.231 e. The summed E-state index contributed by atoms with van der Waals surface area (Å²) in [7, 11) is 0. The maximum absolute atomic E-state index is 9.46. The highest BCUT2D eigenvalue weighted by Gasteiger charge is 2.15. The van der Waals surface area contributed by atoms with Gasteiger partial charge in [-0.25, -0.2) is 4.98 Å². The van der Waals surface area contributed by atoms with Gasteiger partial charge in [0, 0.05) is 10.9 Å². The number of ether oxygens (including phenoxy) is 2. The third-order valence-electron chi connectivity index (χ3n) is 3.73. The molecule has 1 aliphatic rings. The molecule has 25 heavy (non-hydrogen) atoms. The van der Waals surface area contributed by atoms with E-state index in [9.17, 15) is 10.4 Å². The molecule has 3 aromatic rings. The summed E-state index contributed by atoms with van der Waals surface area (Å²) < 4.78 is 10.7. The molecule has 0 fully saturated rings. The predicted molar refractivity (Wildman–Crippen MR) is 95.3 cm³/mol. The molecule has 2 heterocycles. The molecule has 1 aliphatic heterocycles. The molecular formula is C19H12N2O3S. The maximum Gasteiger partial charge on any atom is 0.231 e. The van der Waals surface area contributed by atoms with Crippen LogP contribution in [0.1, 0.15) is 10.6 Å². The van der Waals surface area contributed by atoms with Crippen LogP contribution in [0.2, 0.25) is 0 Å².